The average molecular weight is 402 g/mol. The van der Waals surface area contributed by atoms with Gasteiger partial charge in [0.1, 0.15) is 10.6 Å². The summed E-state index contributed by atoms with van der Waals surface area (Å²) in [4.78, 5) is -0.0417. The van der Waals surface area contributed by atoms with Gasteiger partial charge in [-0.15, -0.1) is 0 Å². The van der Waals surface area contributed by atoms with E-state index in [1.54, 1.807) is 18.2 Å². The fourth-order valence-electron chi connectivity index (χ4n) is 2.35. The van der Waals surface area contributed by atoms with Gasteiger partial charge in [-0.05, 0) is 35.9 Å². The van der Waals surface area contributed by atoms with Crippen molar-refractivity contribution in [2.24, 2.45) is 0 Å². The molecule has 142 valence electrons. The molecule has 9 heteroatoms. The summed E-state index contributed by atoms with van der Waals surface area (Å²) in [6.45, 7) is 0.00865. The number of benzene rings is 2. The van der Waals surface area contributed by atoms with Gasteiger partial charge in [0.15, 0.2) is 11.5 Å². The molecular formula is C17H20ClNO6S. The molecule has 2 aromatic rings. The van der Waals surface area contributed by atoms with Crippen LogP contribution in [0.15, 0.2) is 35.2 Å². The molecule has 0 atom stereocenters. The van der Waals surface area contributed by atoms with Gasteiger partial charge in [-0.3, -0.25) is 0 Å². The van der Waals surface area contributed by atoms with Gasteiger partial charge in [-0.2, -0.15) is 0 Å². The molecule has 0 heterocycles. The molecule has 0 saturated heterocycles. The molecule has 26 heavy (non-hydrogen) atoms. The van der Waals surface area contributed by atoms with Gasteiger partial charge in [0.05, 0.1) is 28.4 Å². The monoisotopic (exact) mass is 401 g/mol. The molecule has 0 bridgehead atoms. The first-order valence-corrected chi connectivity index (χ1v) is 9.34. The first kappa shape index (κ1) is 20.2. The topological polar surface area (TPSA) is 83.1 Å². The van der Waals surface area contributed by atoms with Gasteiger partial charge in [-0.1, -0.05) is 11.6 Å². The third-order valence-electron chi connectivity index (χ3n) is 3.61. The van der Waals surface area contributed by atoms with E-state index in [1.165, 1.54) is 40.6 Å². The van der Waals surface area contributed by atoms with Crippen molar-refractivity contribution >= 4 is 21.6 Å². The van der Waals surface area contributed by atoms with E-state index < -0.39 is 10.0 Å². The highest BCUT2D eigenvalue weighted by Crippen LogP contribution is 2.38. The summed E-state index contributed by atoms with van der Waals surface area (Å²) in [5.41, 5.74) is 0.629. The maximum absolute atomic E-state index is 12.6. The Balaban J connectivity index is 2.32. The van der Waals surface area contributed by atoms with E-state index in [0.717, 1.165) is 0 Å². The second-order valence-corrected chi connectivity index (χ2v) is 7.33. The molecular weight excluding hydrogens is 382 g/mol. The third-order valence-corrected chi connectivity index (χ3v) is 5.26. The first-order chi connectivity index (χ1) is 12.4. The minimum absolute atomic E-state index is 0.00865. The molecule has 0 saturated carbocycles. The lowest BCUT2D eigenvalue weighted by Crippen LogP contribution is -2.24. The summed E-state index contributed by atoms with van der Waals surface area (Å²) in [7, 11) is 2.01. The second kappa shape index (κ2) is 8.48. The summed E-state index contributed by atoms with van der Waals surface area (Å²) in [5.74, 6) is 1.49. The van der Waals surface area contributed by atoms with Crippen LogP contribution in [-0.2, 0) is 16.6 Å². The predicted molar refractivity (Wildman–Crippen MR) is 98.1 cm³/mol. The van der Waals surface area contributed by atoms with Crippen LogP contribution in [0.2, 0.25) is 5.02 Å². The lowest BCUT2D eigenvalue weighted by atomic mass is 10.2. The Morgan fingerprint density at radius 2 is 1.46 bits per heavy atom. The smallest absolute Gasteiger partial charge is 0.244 e. The Bertz CT molecular complexity index is 860. The second-order valence-electron chi connectivity index (χ2n) is 5.15. The van der Waals surface area contributed by atoms with Crippen LogP contribution in [0.25, 0.3) is 0 Å². The lowest BCUT2D eigenvalue weighted by Gasteiger charge is -2.15. The maximum atomic E-state index is 12.6. The number of hydrogen-bond acceptors (Lipinski definition) is 6. The van der Waals surface area contributed by atoms with Crippen molar-refractivity contribution in [1.82, 2.24) is 4.72 Å². The summed E-state index contributed by atoms with van der Waals surface area (Å²) in [6, 6.07) is 7.71. The van der Waals surface area contributed by atoms with E-state index >= 15 is 0 Å². The third kappa shape index (κ3) is 4.32. The van der Waals surface area contributed by atoms with Gasteiger partial charge in [0.25, 0.3) is 0 Å². The molecule has 0 fully saturated rings. The molecule has 0 amide bonds. The molecule has 0 unspecified atom stereocenters. The van der Waals surface area contributed by atoms with Crippen molar-refractivity contribution in [2.75, 3.05) is 28.4 Å². The zero-order valence-electron chi connectivity index (χ0n) is 14.8. The van der Waals surface area contributed by atoms with Crippen LogP contribution >= 0.6 is 11.6 Å². The Kier molecular flexibility index (Phi) is 6.57. The standard InChI is InChI=1S/C17H20ClNO6S/c1-22-13-6-5-12(18)9-16(13)26(20,21)19-10-11-7-14(23-2)17(25-4)15(8-11)24-3/h5-9,19H,10H2,1-4H3. The SMILES string of the molecule is COc1ccc(Cl)cc1S(=O)(=O)NCc1cc(OC)c(OC)c(OC)c1. The number of halogens is 1. The highest BCUT2D eigenvalue weighted by molar-refractivity contribution is 7.89. The number of sulfonamides is 1. The maximum Gasteiger partial charge on any atom is 0.244 e. The van der Waals surface area contributed by atoms with Crippen molar-refractivity contribution < 1.29 is 27.4 Å². The van der Waals surface area contributed by atoms with E-state index in [9.17, 15) is 8.42 Å². The van der Waals surface area contributed by atoms with Crippen LogP contribution in [-0.4, -0.2) is 36.9 Å². The van der Waals surface area contributed by atoms with Crippen LogP contribution in [0.5, 0.6) is 23.0 Å². The number of nitrogens with one attached hydrogen (secondary N) is 1. The number of hydrogen-bond donors (Lipinski definition) is 1. The Hall–Kier alpha value is -2.16. The molecule has 0 aromatic heterocycles. The molecule has 1 N–H and O–H groups in total. The number of rotatable bonds is 8. The fourth-order valence-corrected chi connectivity index (χ4v) is 3.80. The molecule has 2 aromatic carbocycles. The van der Waals surface area contributed by atoms with Crippen LogP contribution in [0.4, 0.5) is 0 Å². The zero-order chi connectivity index (χ0) is 19.3. The largest absolute Gasteiger partial charge is 0.495 e. The van der Waals surface area contributed by atoms with Crippen molar-refractivity contribution in [1.29, 1.82) is 0 Å². The van der Waals surface area contributed by atoms with Gasteiger partial charge in [0, 0.05) is 11.6 Å². The summed E-state index contributed by atoms with van der Waals surface area (Å²) in [6.07, 6.45) is 0. The molecule has 0 radical (unpaired) electrons. The summed E-state index contributed by atoms with van der Waals surface area (Å²) in [5, 5.41) is 0.291. The highest BCUT2D eigenvalue weighted by Gasteiger charge is 2.21. The first-order valence-electron chi connectivity index (χ1n) is 7.48. The quantitative estimate of drug-likeness (QED) is 0.732. The van der Waals surface area contributed by atoms with Gasteiger partial charge in [0.2, 0.25) is 15.8 Å². The van der Waals surface area contributed by atoms with E-state index in [2.05, 4.69) is 4.72 Å². The molecule has 0 aliphatic rings. The summed E-state index contributed by atoms with van der Waals surface area (Å²) >= 11 is 5.91. The Morgan fingerprint density at radius 3 is 1.96 bits per heavy atom. The molecule has 0 aliphatic carbocycles. The molecule has 0 aliphatic heterocycles. The normalized spacial score (nSPS) is 11.1. The predicted octanol–water partition coefficient (Wildman–Crippen LogP) is 2.85. The summed E-state index contributed by atoms with van der Waals surface area (Å²) < 4.78 is 48.7. The van der Waals surface area contributed by atoms with Crippen LogP contribution in [0.1, 0.15) is 5.56 Å². The minimum atomic E-state index is -3.85. The van der Waals surface area contributed by atoms with Crippen LogP contribution in [0, 0.1) is 0 Å². The lowest BCUT2D eigenvalue weighted by molar-refractivity contribution is 0.323. The van der Waals surface area contributed by atoms with Crippen LogP contribution < -0.4 is 23.7 Å². The van der Waals surface area contributed by atoms with E-state index in [-0.39, 0.29) is 17.2 Å². The highest BCUT2D eigenvalue weighted by atomic mass is 35.5. The molecule has 2 rings (SSSR count). The zero-order valence-corrected chi connectivity index (χ0v) is 16.4. The Labute approximate surface area is 157 Å². The van der Waals surface area contributed by atoms with Crippen molar-refractivity contribution in [3.05, 3.63) is 40.9 Å². The number of methoxy groups -OCH3 is 4. The van der Waals surface area contributed by atoms with Crippen molar-refractivity contribution in [2.45, 2.75) is 11.4 Å². The average Bonchev–Trinajstić information content (AvgIpc) is 2.65. The van der Waals surface area contributed by atoms with E-state index in [4.69, 9.17) is 30.5 Å². The van der Waals surface area contributed by atoms with Crippen LogP contribution in [0.3, 0.4) is 0 Å². The number of ether oxygens (including phenoxy) is 4. The fraction of sp³-hybridized carbons (Fsp3) is 0.294. The van der Waals surface area contributed by atoms with E-state index in [0.29, 0.717) is 27.8 Å². The molecule has 0 spiro atoms. The van der Waals surface area contributed by atoms with Crippen molar-refractivity contribution in [3.8, 4) is 23.0 Å². The van der Waals surface area contributed by atoms with Gasteiger partial charge in [-0.25, -0.2) is 13.1 Å². The van der Waals surface area contributed by atoms with Gasteiger partial charge >= 0.3 is 0 Å². The van der Waals surface area contributed by atoms with E-state index in [1.807, 2.05) is 0 Å². The van der Waals surface area contributed by atoms with Crippen molar-refractivity contribution in [3.63, 3.8) is 0 Å². The minimum Gasteiger partial charge on any atom is -0.495 e. The van der Waals surface area contributed by atoms with Gasteiger partial charge < -0.3 is 18.9 Å². The molecule has 7 nitrogen and oxygen atoms in total. The Morgan fingerprint density at radius 1 is 0.885 bits per heavy atom.